The number of hydrogen-bond donors (Lipinski definition) is 1. The van der Waals surface area contributed by atoms with E-state index in [9.17, 15) is 4.79 Å². The summed E-state index contributed by atoms with van der Waals surface area (Å²) >= 11 is 0. The molecule has 0 aromatic carbocycles. The highest BCUT2D eigenvalue weighted by atomic mass is 35.5. The number of hydrogen-bond acceptors (Lipinski definition) is 3. The third kappa shape index (κ3) is 3.66. The topological polar surface area (TPSA) is 41.6 Å². The monoisotopic (exact) mass is 302 g/mol. The Morgan fingerprint density at radius 3 is 2.25 bits per heavy atom. The van der Waals surface area contributed by atoms with Crippen molar-refractivity contribution >= 4 is 18.3 Å². The largest absolute Gasteiger partial charge is 0.372 e. The average molecular weight is 303 g/mol. The predicted octanol–water partition coefficient (Wildman–Crippen LogP) is 1.96. The molecule has 1 N–H and O–H groups in total. The van der Waals surface area contributed by atoms with Crippen molar-refractivity contribution in [1.29, 1.82) is 0 Å². The Labute approximate surface area is 128 Å². The number of morpholine rings is 1. The van der Waals surface area contributed by atoms with Gasteiger partial charge in [-0.05, 0) is 45.4 Å². The molecule has 3 rings (SSSR count). The molecule has 116 valence electrons. The fraction of sp³-hybridized carbons (Fsp3) is 0.933. The number of fused-ring (bicyclic) bond motifs is 2. The van der Waals surface area contributed by atoms with Gasteiger partial charge in [-0.1, -0.05) is 0 Å². The van der Waals surface area contributed by atoms with Gasteiger partial charge in [0.1, 0.15) is 0 Å². The Bertz CT molecular complexity index is 331. The molecular weight excluding hydrogens is 276 g/mol. The molecule has 3 aliphatic heterocycles. The normalized spacial score (nSPS) is 40.3. The van der Waals surface area contributed by atoms with Crippen molar-refractivity contribution in [3.8, 4) is 0 Å². The molecule has 0 spiro atoms. The van der Waals surface area contributed by atoms with E-state index in [0.717, 1.165) is 19.5 Å². The van der Waals surface area contributed by atoms with Crippen LogP contribution in [0, 0.1) is 5.92 Å². The first-order valence-electron chi connectivity index (χ1n) is 7.79. The first kappa shape index (κ1) is 16.1. The second kappa shape index (κ2) is 6.63. The molecule has 3 saturated heterocycles. The zero-order valence-electron chi connectivity index (χ0n) is 12.5. The number of halogens is 1. The summed E-state index contributed by atoms with van der Waals surface area (Å²) in [6.07, 6.45) is 6.10. The Morgan fingerprint density at radius 1 is 1.15 bits per heavy atom. The molecular formula is C15H27ClN2O2. The number of amides is 1. The van der Waals surface area contributed by atoms with Crippen LogP contribution in [0.5, 0.6) is 0 Å². The molecule has 3 heterocycles. The second-order valence-corrected chi connectivity index (χ2v) is 6.74. The van der Waals surface area contributed by atoms with Gasteiger partial charge in [-0.2, -0.15) is 0 Å². The maximum Gasteiger partial charge on any atom is 0.223 e. The van der Waals surface area contributed by atoms with Crippen molar-refractivity contribution in [2.75, 3.05) is 13.1 Å². The van der Waals surface area contributed by atoms with Crippen molar-refractivity contribution in [3.05, 3.63) is 0 Å². The summed E-state index contributed by atoms with van der Waals surface area (Å²) in [4.78, 5) is 14.5. The highest BCUT2D eigenvalue weighted by Crippen LogP contribution is 2.33. The molecule has 0 radical (unpaired) electrons. The number of ether oxygens (including phenoxy) is 1. The number of nitrogens with zero attached hydrogens (tertiary/aromatic N) is 1. The van der Waals surface area contributed by atoms with Crippen LogP contribution in [0.4, 0.5) is 0 Å². The smallest absolute Gasteiger partial charge is 0.223 e. The number of nitrogens with one attached hydrogen (secondary N) is 1. The van der Waals surface area contributed by atoms with E-state index in [-0.39, 0.29) is 24.6 Å². The minimum Gasteiger partial charge on any atom is -0.372 e. The van der Waals surface area contributed by atoms with Crippen LogP contribution in [0.3, 0.4) is 0 Å². The molecule has 2 bridgehead atoms. The van der Waals surface area contributed by atoms with Gasteiger partial charge in [0.25, 0.3) is 0 Å². The molecule has 2 unspecified atom stereocenters. The summed E-state index contributed by atoms with van der Waals surface area (Å²) in [5, 5.41) is 3.64. The fourth-order valence-electron chi connectivity index (χ4n) is 4.10. The maximum absolute atomic E-state index is 12.4. The molecule has 0 aliphatic carbocycles. The fourth-order valence-corrected chi connectivity index (χ4v) is 4.10. The van der Waals surface area contributed by atoms with Crippen LogP contribution in [0.2, 0.25) is 0 Å². The van der Waals surface area contributed by atoms with Crippen LogP contribution in [0.1, 0.15) is 46.0 Å². The molecule has 20 heavy (non-hydrogen) atoms. The van der Waals surface area contributed by atoms with Crippen molar-refractivity contribution in [2.45, 2.75) is 70.2 Å². The molecule has 4 atom stereocenters. The van der Waals surface area contributed by atoms with Crippen molar-refractivity contribution in [2.24, 2.45) is 5.92 Å². The first-order valence-corrected chi connectivity index (χ1v) is 7.79. The van der Waals surface area contributed by atoms with E-state index in [1.807, 2.05) is 4.90 Å². The van der Waals surface area contributed by atoms with E-state index in [0.29, 0.717) is 23.9 Å². The number of rotatable bonds is 2. The third-order valence-corrected chi connectivity index (χ3v) is 4.81. The lowest BCUT2D eigenvalue weighted by molar-refractivity contribution is -0.144. The van der Waals surface area contributed by atoms with Crippen LogP contribution in [-0.2, 0) is 9.53 Å². The Kier molecular flexibility index (Phi) is 5.32. The predicted molar refractivity (Wildman–Crippen MR) is 81.1 cm³/mol. The van der Waals surface area contributed by atoms with Crippen LogP contribution in [0.25, 0.3) is 0 Å². The van der Waals surface area contributed by atoms with E-state index in [1.54, 1.807) is 0 Å². The van der Waals surface area contributed by atoms with Gasteiger partial charge in [0.2, 0.25) is 5.91 Å². The molecule has 5 heteroatoms. The van der Waals surface area contributed by atoms with Crippen LogP contribution >= 0.6 is 12.4 Å². The minimum atomic E-state index is 0. The number of carbonyl (C=O) groups is 1. The van der Waals surface area contributed by atoms with E-state index in [1.165, 1.54) is 25.7 Å². The highest BCUT2D eigenvalue weighted by molar-refractivity contribution is 5.85. The molecule has 3 aliphatic rings. The molecule has 4 nitrogen and oxygen atoms in total. The standard InChI is InChI=1S/C15H26N2O2.ClH/c1-10-8-17(9-11(2)19-10)15(18)7-12-5-13-3-4-14(6-12)16-13;/h10-14,16H,3-9H2,1-2H3;1H/t10-,11+,12?,13?,14?;. The summed E-state index contributed by atoms with van der Waals surface area (Å²) in [6, 6.07) is 1.36. The molecule has 0 aromatic heterocycles. The highest BCUT2D eigenvalue weighted by Gasteiger charge is 2.35. The molecule has 0 saturated carbocycles. The Balaban J connectivity index is 0.00000147. The molecule has 1 amide bonds. The van der Waals surface area contributed by atoms with E-state index in [4.69, 9.17) is 4.74 Å². The van der Waals surface area contributed by atoms with Crippen molar-refractivity contribution in [3.63, 3.8) is 0 Å². The summed E-state index contributed by atoms with van der Waals surface area (Å²) in [5.74, 6) is 0.938. The summed E-state index contributed by atoms with van der Waals surface area (Å²) in [6.45, 7) is 5.64. The summed E-state index contributed by atoms with van der Waals surface area (Å²) in [7, 11) is 0. The number of piperidine rings is 1. The van der Waals surface area contributed by atoms with Crippen molar-refractivity contribution in [1.82, 2.24) is 10.2 Å². The summed E-state index contributed by atoms with van der Waals surface area (Å²) < 4.78 is 5.70. The lowest BCUT2D eigenvalue weighted by Gasteiger charge is -2.37. The van der Waals surface area contributed by atoms with Gasteiger partial charge in [0.05, 0.1) is 12.2 Å². The van der Waals surface area contributed by atoms with Gasteiger partial charge >= 0.3 is 0 Å². The van der Waals surface area contributed by atoms with Gasteiger partial charge in [-0.15, -0.1) is 12.4 Å². The van der Waals surface area contributed by atoms with E-state index < -0.39 is 0 Å². The van der Waals surface area contributed by atoms with Gasteiger partial charge in [0, 0.05) is 31.6 Å². The van der Waals surface area contributed by atoms with Gasteiger partial charge in [-0.3, -0.25) is 4.79 Å². The zero-order valence-corrected chi connectivity index (χ0v) is 13.3. The quantitative estimate of drug-likeness (QED) is 0.848. The maximum atomic E-state index is 12.4. The second-order valence-electron chi connectivity index (χ2n) is 6.74. The van der Waals surface area contributed by atoms with Gasteiger partial charge < -0.3 is 15.0 Å². The van der Waals surface area contributed by atoms with Crippen molar-refractivity contribution < 1.29 is 9.53 Å². The van der Waals surface area contributed by atoms with E-state index >= 15 is 0 Å². The van der Waals surface area contributed by atoms with Gasteiger partial charge in [0.15, 0.2) is 0 Å². The Hall–Kier alpha value is -0.320. The van der Waals surface area contributed by atoms with E-state index in [2.05, 4.69) is 19.2 Å². The van der Waals surface area contributed by atoms with Crippen LogP contribution < -0.4 is 5.32 Å². The SMILES string of the molecule is C[C@@H]1CN(C(=O)CC2CC3CCC(C2)N3)C[C@H](C)O1.Cl. The lowest BCUT2D eigenvalue weighted by atomic mass is 9.89. The van der Waals surface area contributed by atoms with Crippen LogP contribution in [0.15, 0.2) is 0 Å². The average Bonchev–Trinajstić information content (AvgIpc) is 2.67. The van der Waals surface area contributed by atoms with Gasteiger partial charge in [-0.25, -0.2) is 0 Å². The third-order valence-electron chi connectivity index (χ3n) is 4.81. The Morgan fingerprint density at radius 2 is 1.70 bits per heavy atom. The first-order chi connectivity index (χ1) is 9.10. The summed E-state index contributed by atoms with van der Waals surface area (Å²) in [5.41, 5.74) is 0. The molecule has 3 fully saturated rings. The number of carbonyl (C=O) groups excluding carboxylic acids is 1. The zero-order chi connectivity index (χ0) is 13.4. The minimum absolute atomic E-state index is 0. The molecule has 0 aromatic rings. The van der Waals surface area contributed by atoms with Crippen LogP contribution in [-0.4, -0.2) is 48.2 Å². The lowest BCUT2D eigenvalue weighted by Crippen LogP contribution is -2.49.